The normalized spacial score (nSPS) is 17.3. The van der Waals surface area contributed by atoms with E-state index in [4.69, 9.17) is 4.42 Å². The Hall–Kier alpha value is -2.57. The largest absolute Gasteiger partial charge is 0.479 e. The number of carboxylic acids is 1. The molecule has 1 amide bonds. The van der Waals surface area contributed by atoms with E-state index in [1.807, 2.05) is 11.6 Å². The van der Waals surface area contributed by atoms with Crippen LogP contribution >= 0.6 is 0 Å². The summed E-state index contributed by atoms with van der Waals surface area (Å²) in [6.07, 6.45) is 6.21. The molecular weight excluding hydrogens is 286 g/mol. The van der Waals surface area contributed by atoms with Crippen LogP contribution in [0.4, 0.5) is 0 Å². The highest BCUT2D eigenvalue weighted by Gasteiger charge is 2.37. The van der Waals surface area contributed by atoms with Crippen molar-refractivity contribution in [1.29, 1.82) is 0 Å². The smallest absolute Gasteiger partial charge is 0.331 e. The van der Waals surface area contributed by atoms with Crippen molar-refractivity contribution in [3.8, 4) is 0 Å². The van der Waals surface area contributed by atoms with Crippen molar-refractivity contribution in [1.82, 2.24) is 14.5 Å². The summed E-state index contributed by atoms with van der Waals surface area (Å²) in [4.78, 5) is 29.5. The first-order valence-electron chi connectivity index (χ1n) is 7.11. The van der Waals surface area contributed by atoms with Gasteiger partial charge in [-0.25, -0.2) is 9.78 Å². The van der Waals surface area contributed by atoms with Crippen molar-refractivity contribution in [3.63, 3.8) is 0 Å². The number of aromatic nitrogens is 2. The number of aryl methyl sites for hydroxylation is 2. The summed E-state index contributed by atoms with van der Waals surface area (Å²) in [7, 11) is 1.87. The highest BCUT2D eigenvalue weighted by Crippen LogP contribution is 2.31. The Bertz CT molecular complexity index is 703. The van der Waals surface area contributed by atoms with Crippen molar-refractivity contribution in [2.45, 2.75) is 25.3 Å². The summed E-state index contributed by atoms with van der Waals surface area (Å²) in [6.45, 7) is 0.363. The van der Waals surface area contributed by atoms with Gasteiger partial charge in [-0.1, -0.05) is 0 Å². The summed E-state index contributed by atoms with van der Waals surface area (Å²) in [5.41, 5.74) is 1.52. The Kier molecular flexibility index (Phi) is 3.70. The Morgan fingerprint density at radius 1 is 1.50 bits per heavy atom. The topological polar surface area (TPSA) is 88.6 Å². The minimum atomic E-state index is -1.03. The van der Waals surface area contributed by atoms with Crippen LogP contribution in [0.25, 0.3) is 0 Å². The zero-order valence-electron chi connectivity index (χ0n) is 12.2. The third-order valence-electron chi connectivity index (χ3n) is 4.03. The number of carbonyl (C=O) groups excluding carboxylic acids is 1. The van der Waals surface area contributed by atoms with Gasteiger partial charge in [-0.05, 0) is 12.5 Å². The van der Waals surface area contributed by atoms with Crippen LogP contribution in [0, 0.1) is 0 Å². The van der Waals surface area contributed by atoms with Gasteiger partial charge in [0.05, 0.1) is 12.6 Å². The number of fused-ring (bicyclic) bond motifs is 1. The summed E-state index contributed by atoms with van der Waals surface area (Å²) in [6, 6.07) is 0.677. The van der Waals surface area contributed by atoms with E-state index >= 15 is 0 Å². The molecule has 0 saturated heterocycles. The molecule has 0 aromatic carbocycles. The molecule has 116 valence electrons. The number of aliphatic carboxylic acids is 1. The summed E-state index contributed by atoms with van der Waals surface area (Å²) < 4.78 is 7.14. The second kappa shape index (κ2) is 5.67. The van der Waals surface area contributed by atoms with Crippen LogP contribution in [0.15, 0.2) is 29.3 Å². The zero-order valence-corrected chi connectivity index (χ0v) is 12.2. The van der Waals surface area contributed by atoms with E-state index in [0.29, 0.717) is 30.7 Å². The van der Waals surface area contributed by atoms with Crippen molar-refractivity contribution >= 4 is 11.9 Å². The number of carbonyl (C=O) groups is 2. The van der Waals surface area contributed by atoms with Crippen molar-refractivity contribution in [3.05, 3.63) is 41.9 Å². The lowest BCUT2D eigenvalue weighted by Crippen LogP contribution is -2.43. The molecule has 0 saturated carbocycles. The number of carboxylic acid groups (broad SMARTS) is 1. The molecule has 22 heavy (non-hydrogen) atoms. The fourth-order valence-electron chi connectivity index (χ4n) is 2.86. The molecule has 0 fully saturated rings. The van der Waals surface area contributed by atoms with Gasteiger partial charge in [0, 0.05) is 43.9 Å². The van der Waals surface area contributed by atoms with Crippen LogP contribution in [0.5, 0.6) is 0 Å². The average molecular weight is 303 g/mol. The number of hydrogen-bond donors (Lipinski definition) is 1. The quantitative estimate of drug-likeness (QED) is 0.915. The molecule has 3 rings (SSSR count). The van der Waals surface area contributed by atoms with E-state index in [1.165, 1.54) is 11.2 Å². The van der Waals surface area contributed by atoms with Crippen LogP contribution in [0.3, 0.4) is 0 Å². The van der Waals surface area contributed by atoms with Gasteiger partial charge in [0.15, 0.2) is 6.04 Å². The van der Waals surface area contributed by atoms with E-state index < -0.39 is 12.0 Å². The second-order valence-corrected chi connectivity index (χ2v) is 5.37. The van der Waals surface area contributed by atoms with Gasteiger partial charge in [0.1, 0.15) is 5.76 Å². The van der Waals surface area contributed by atoms with Crippen LogP contribution < -0.4 is 0 Å². The maximum atomic E-state index is 12.5. The van der Waals surface area contributed by atoms with Gasteiger partial charge in [-0.15, -0.1) is 0 Å². The Morgan fingerprint density at radius 3 is 3.00 bits per heavy atom. The van der Waals surface area contributed by atoms with Crippen LogP contribution in [-0.4, -0.2) is 38.0 Å². The number of hydrogen-bond acceptors (Lipinski definition) is 4. The van der Waals surface area contributed by atoms with Gasteiger partial charge in [0.2, 0.25) is 5.91 Å². The summed E-state index contributed by atoms with van der Waals surface area (Å²) in [5.74, 6) is -0.542. The van der Waals surface area contributed by atoms with E-state index in [9.17, 15) is 14.7 Å². The first kappa shape index (κ1) is 14.4. The van der Waals surface area contributed by atoms with Crippen molar-refractivity contribution in [2.75, 3.05) is 6.54 Å². The van der Waals surface area contributed by atoms with Crippen molar-refractivity contribution < 1.29 is 19.1 Å². The monoisotopic (exact) mass is 303 g/mol. The fraction of sp³-hybridized carbons (Fsp3) is 0.400. The van der Waals surface area contributed by atoms with Crippen LogP contribution in [0.1, 0.15) is 29.5 Å². The molecule has 7 nitrogen and oxygen atoms in total. The summed E-state index contributed by atoms with van der Waals surface area (Å²) >= 11 is 0. The highest BCUT2D eigenvalue weighted by atomic mass is 16.4. The first-order chi connectivity index (χ1) is 10.6. The summed E-state index contributed by atoms with van der Waals surface area (Å²) in [5, 5.41) is 9.47. The lowest BCUT2D eigenvalue weighted by atomic mass is 9.98. The standard InChI is InChI=1S/C15H17N3O4/c1-17-9-16-8-10(17)2-3-13(19)18-6-4-12-11(5-7-22-12)14(18)15(20)21/h5,7-9,14H,2-4,6H2,1H3,(H,20,21). The lowest BCUT2D eigenvalue weighted by molar-refractivity contribution is -0.151. The maximum Gasteiger partial charge on any atom is 0.331 e. The third-order valence-corrected chi connectivity index (χ3v) is 4.03. The van der Waals surface area contributed by atoms with Gasteiger partial charge >= 0.3 is 5.97 Å². The molecule has 1 unspecified atom stereocenters. The van der Waals surface area contributed by atoms with E-state index in [1.54, 1.807) is 18.6 Å². The SMILES string of the molecule is Cn1cncc1CCC(=O)N1CCc2occc2C1C(=O)O. The molecule has 0 aliphatic carbocycles. The number of rotatable bonds is 4. The van der Waals surface area contributed by atoms with Gasteiger partial charge in [0.25, 0.3) is 0 Å². The zero-order chi connectivity index (χ0) is 15.7. The molecular formula is C15H17N3O4. The van der Waals surface area contributed by atoms with Gasteiger partial charge in [-0.3, -0.25) is 4.79 Å². The molecule has 0 bridgehead atoms. The molecule has 3 heterocycles. The highest BCUT2D eigenvalue weighted by molar-refractivity contribution is 5.85. The number of amides is 1. The van der Waals surface area contributed by atoms with Crippen LogP contribution in [-0.2, 0) is 29.5 Å². The van der Waals surface area contributed by atoms with Gasteiger partial charge < -0.3 is 19.0 Å². The second-order valence-electron chi connectivity index (χ2n) is 5.37. The van der Waals surface area contributed by atoms with Gasteiger partial charge in [-0.2, -0.15) is 0 Å². The lowest BCUT2D eigenvalue weighted by Gasteiger charge is -2.32. The Morgan fingerprint density at radius 2 is 2.32 bits per heavy atom. The van der Waals surface area contributed by atoms with Crippen LogP contribution in [0.2, 0.25) is 0 Å². The number of imidazole rings is 1. The Labute approximate surface area is 127 Å². The fourth-order valence-corrected chi connectivity index (χ4v) is 2.86. The first-order valence-corrected chi connectivity index (χ1v) is 7.11. The van der Waals surface area contributed by atoms with E-state index in [-0.39, 0.29) is 12.3 Å². The minimum absolute atomic E-state index is 0.166. The third kappa shape index (κ3) is 2.49. The molecule has 1 atom stereocenters. The Balaban J connectivity index is 1.74. The molecule has 1 aliphatic heterocycles. The number of nitrogens with zero attached hydrogens (tertiary/aromatic N) is 3. The number of furan rings is 1. The molecule has 7 heteroatoms. The molecule has 0 spiro atoms. The maximum absolute atomic E-state index is 12.5. The predicted octanol–water partition coefficient (Wildman–Crippen LogP) is 1.16. The minimum Gasteiger partial charge on any atom is -0.479 e. The van der Waals surface area contributed by atoms with Crippen molar-refractivity contribution in [2.24, 2.45) is 7.05 Å². The molecule has 1 N–H and O–H groups in total. The van der Waals surface area contributed by atoms with E-state index in [2.05, 4.69) is 4.98 Å². The predicted molar refractivity (Wildman–Crippen MR) is 76.0 cm³/mol. The molecule has 0 radical (unpaired) electrons. The molecule has 2 aromatic rings. The average Bonchev–Trinajstić information content (AvgIpc) is 3.11. The molecule has 2 aromatic heterocycles. The molecule has 1 aliphatic rings. The van der Waals surface area contributed by atoms with E-state index in [0.717, 1.165) is 5.69 Å².